The highest BCUT2D eigenvalue weighted by Crippen LogP contribution is 2.30. The second kappa shape index (κ2) is 7.07. The minimum absolute atomic E-state index is 0.155. The van der Waals surface area contributed by atoms with Crippen LogP contribution in [-0.4, -0.2) is 66.4 Å². The molecule has 23 heavy (non-hydrogen) atoms. The number of aliphatic hydroxyl groups excluding tert-OH is 1. The van der Waals surface area contributed by atoms with Gasteiger partial charge in [0, 0.05) is 38.3 Å². The molecule has 1 unspecified atom stereocenters. The predicted molar refractivity (Wildman–Crippen MR) is 90.0 cm³/mol. The van der Waals surface area contributed by atoms with Gasteiger partial charge in [-0.25, -0.2) is 0 Å². The Morgan fingerprint density at radius 2 is 2.04 bits per heavy atom. The molecule has 0 aromatic heterocycles. The van der Waals surface area contributed by atoms with E-state index >= 15 is 0 Å². The lowest BCUT2D eigenvalue weighted by Crippen LogP contribution is -2.54. The molecule has 0 radical (unpaired) electrons. The monoisotopic (exact) mass is 320 g/mol. The third-order valence-corrected chi connectivity index (χ3v) is 4.99. The van der Waals surface area contributed by atoms with Gasteiger partial charge in [0.05, 0.1) is 19.8 Å². The van der Waals surface area contributed by atoms with Crippen molar-refractivity contribution >= 4 is 0 Å². The topological polar surface area (TPSA) is 45.2 Å². The van der Waals surface area contributed by atoms with Gasteiger partial charge in [-0.3, -0.25) is 9.80 Å². The van der Waals surface area contributed by atoms with Crippen molar-refractivity contribution in [1.29, 1.82) is 0 Å². The summed E-state index contributed by atoms with van der Waals surface area (Å²) in [5.41, 5.74) is 1.24. The Kier molecular flexibility index (Phi) is 5.09. The van der Waals surface area contributed by atoms with Crippen LogP contribution in [0.1, 0.15) is 25.8 Å². The summed E-state index contributed by atoms with van der Waals surface area (Å²) < 4.78 is 11.0. The van der Waals surface area contributed by atoms with Crippen molar-refractivity contribution in [1.82, 2.24) is 9.80 Å². The summed E-state index contributed by atoms with van der Waals surface area (Å²) in [6.07, 6.45) is 0.744. The second-order valence-corrected chi connectivity index (χ2v) is 6.69. The SMILES string of the molecule is CCOc1ccc(CN2CC3C[C@@H](O)CN3C[C@H]2C)cc1OC. The van der Waals surface area contributed by atoms with E-state index in [0.29, 0.717) is 18.7 Å². The Morgan fingerprint density at radius 1 is 1.22 bits per heavy atom. The molecule has 5 heteroatoms. The van der Waals surface area contributed by atoms with E-state index in [2.05, 4.69) is 28.9 Å². The number of ether oxygens (including phenoxy) is 2. The molecule has 2 fully saturated rings. The van der Waals surface area contributed by atoms with Crippen LogP contribution >= 0.6 is 0 Å². The van der Waals surface area contributed by atoms with Gasteiger partial charge in [0.25, 0.3) is 0 Å². The summed E-state index contributed by atoms with van der Waals surface area (Å²) in [5.74, 6) is 1.60. The highest BCUT2D eigenvalue weighted by Gasteiger charge is 2.37. The standard InChI is InChI=1S/C18H28N2O3/c1-4-23-17-6-5-14(7-18(17)22-3)10-19-11-15-8-16(21)12-20(15)9-13(19)2/h5-7,13,15-16,21H,4,8-12H2,1-3H3/t13-,15?,16-/m1/s1. The van der Waals surface area contributed by atoms with Gasteiger partial charge in [-0.15, -0.1) is 0 Å². The molecule has 0 aliphatic carbocycles. The average molecular weight is 320 g/mol. The van der Waals surface area contributed by atoms with Gasteiger partial charge in [-0.2, -0.15) is 0 Å². The lowest BCUT2D eigenvalue weighted by molar-refractivity contribution is 0.0528. The Balaban J connectivity index is 1.69. The Hall–Kier alpha value is -1.30. The molecule has 128 valence electrons. The minimum atomic E-state index is -0.155. The fourth-order valence-corrected chi connectivity index (χ4v) is 3.82. The van der Waals surface area contributed by atoms with Crippen molar-refractivity contribution in [2.45, 2.75) is 45.0 Å². The molecule has 3 atom stereocenters. The first-order chi connectivity index (χ1) is 11.1. The molecule has 0 amide bonds. The number of fused-ring (bicyclic) bond motifs is 1. The predicted octanol–water partition coefficient (Wildman–Crippen LogP) is 1.73. The third kappa shape index (κ3) is 3.62. The van der Waals surface area contributed by atoms with Crippen LogP contribution in [0.5, 0.6) is 11.5 Å². The smallest absolute Gasteiger partial charge is 0.161 e. The summed E-state index contributed by atoms with van der Waals surface area (Å²) >= 11 is 0. The quantitative estimate of drug-likeness (QED) is 0.895. The van der Waals surface area contributed by atoms with Crippen LogP contribution in [0.3, 0.4) is 0 Å². The largest absolute Gasteiger partial charge is 0.493 e. The van der Waals surface area contributed by atoms with Gasteiger partial charge >= 0.3 is 0 Å². The van der Waals surface area contributed by atoms with E-state index in [-0.39, 0.29) is 6.10 Å². The molecule has 1 aromatic rings. The van der Waals surface area contributed by atoms with E-state index in [0.717, 1.165) is 44.1 Å². The maximum Gasteiger partial charge on any atom is 0.161 e. The number of rotatable bonds is 5. The molecule has 0 bridgehead atoms. The summed E-state index contributed by atoms with van der Waals surface area (Å²) in [6.45, 7) is 8.68. The molecule has 2 heterocycles. The van der Waals surface area contributed by atoms with E-state index in [1.165, 1.54) is 5.56 Å². The van der Waals surface area contributed by atoms with E-state index in [1.807, 2.05) is 13.0 Å². The molecule has 1 N–H and O–H groups in total. The molecule has 2 saturated heterocycles. The highest BCUT2D eigenvalue weighted by atomic mass is 16.5. The zero-order valence-electron chi connectivity index (χ0n) is 14.4. The highest BCUT2D eigenvalue weighted by molar-refractivity contribution is 5.43. The molecule has 0 saturated carbocycles. The van der Waals surface area contributed by atoms with Gasteiger partial charge in [0.15, 0.2) is 11.5 Å². The fourth-order valence-electron chi connectivity index (χ4n) is 3.82. The molecule has 5 nitrogen and oxygen atoms in total. The summed E-state index contributed by atoms with van der Waals surface area (Å²) in [5, 5.41) is 9.88. The summed E-state index contributed by atoms with van der Waals surface area (Å²) in [7, 11) is 1.68. The number of piperazine rings is 1. The number of hydrogen-bond donors (Lipinski definition) is 1. The Bertz CT molecular complexity index is 537. The summed E-state index contributed by atoms with van der Waals surface area (Å²) in [6, 6.07) is 7.18. The maximum atomic E-state index is 9.88. The van der Waals surface area contributed by atoms with Crippen LogP contribution in [-0.2, 0) is 6.54 Å². The zero-order valence-corrected chi connectivity index (χ0v) is 14.4. The van der Waals surface area contributed by atoms with Crippen LogP contribution in [0, 0.1) is 0 Å². The first-order valence-corrected chi connectivity index (χ1v) is 8.56. The number of methoxy groups -OCH3 is 1. The number of benzene rings is 1. The normalized spacial score (nSPS) is 28.6. The van der Waals surface area contributed by atoms with Gasteiger partial charge in [-0.1, -0.05) is 6.07 Å². The van der Waals surface area contributed by atoms with Crippen molar-refractivity contribution in [2.75, 3.05) is 33.4 Å². The van der Waals surface area contributed by atoms with Crippen molar-refractivity contribution in [2.24, 2.45) is 0 Å². The molecule has 1 aromatic carbocycles. The molecule has 0 spiro atoms. The molecule has 3 rings (SSSR count). The average Bonchev–Trinajstić information content (AvgIpc) is 2.88. The Morgan fingerprint density at radius 3 is 2.78 bits per heavy atom. The number of hydrogen-bond acceptors (Lipinski definition) is 5. The lowest BCUT2D eigenvalue weighted by Gasteiger charge is -2.42. The van der Waals surface area contributed by atoms with Gasteiger partial charge in [0.1, 0.15) is 0 Å². The van der Waals surface area contributed by atoms with Crippen molar-refractivity contribution < 1.29 is 14.6 Å². The molecule has 2 aliphatic heterocycles. The number of aliphatic hydroxyl groups is 1. The van der Waals surface area contributed by atoms with Gasteiger partial charge in [-0.05, 0) is 38.0 Å². The lowest BCUT2D eigenvalue weighted by atomic mass is 10.1. The number of nitrogens with zero attached hydrogens (tertiary/aromatic N) is 2. The van der Waals surface area contributed by atoms with Crippen LogP contribution in [0.4, 0.5) is 0 Å². The minimum Gasteiger partial charge on any atom is -0.493 e. The zero-order chi connectivity index (χ0) is 16.4. The van der Waals surface area contributed by atoms with Crippen LogP contribution in [0.25, 0.3) is 0 Å². The van der Waals surface area contributed by atoms with Gasteiger partial charge in [0.2, 0.25) is 0 Å². The van der Waals surface area contributed by atoms with Crippen molar-refractivity contribution in [3.63, 3.8) is 0 Å². The van der Waals surface area contributed by atoms with Crippen LogP contribution in [0.2, 0.25) is 0 Å². The van der Waals surface area contributed by atoms with E-state index in [9.17, 15) is 5.11 Å². The van der Waals surface area contributed by atoms with E-state index in [4.69, 9.17) is 9.47 Å². The van der Waals surface area contributed by atoms with Gasteiger partial charge < -0.3 is 14.6 Å². The van der Waals surface area contributed by atoms with Crippen molar-refractivity contribution in [3.8, 4) is 11.5 Å². The van der Waals surface area contributed by atoms with E-state index < -0.39 is 0 Å². The fraction of sp³-hybridized carbons (Fsp3) is 0.667. The Labute approximate surface area is 138 Å². The maximum absolute atomic E-state index is 9.88. The molecular formula is C18H28N2O3. The van der Waals surface area contributed by atoms with E-state index in [1.54, 1.807) is 7.11 Å². The van der Waals surface area contributed by atoms with Crippen LogP contribution < -0.4 is 9.47 Å². The summed E-state index contributed by atoms with van der Waals surface area (Å²) in [4.78, 5) is 4.94. The molecular weight excluding hydrogens is 292 g/mol. The third-order valence-electron chi connectivity index (χ3n) is 4.99. The van der Waals surface area contributed by atoms with Crippen LogP contribution in [0.15, 0.2) is 18.2 Å². The van der Waals surface area contributed by atoms with Crippen molar-refractivity contribution in [3.05, 3.63) is 23.8 Å². The molecule has 2 aliphatic rings. The second-order valence-electron chi connectivity index (χ2n) is 6.69. The first-order valence-electron chi connectivity index (χ1n) is 8.56. The first kappa shape index (κ1) is 16.6.